The van der Waals surface area contributed by atoms with E-state index in [1.807, 2.05) is 67.6 Å². The van der Waals surface area contributed by atoms with Crippen LogP contribution in [0.4, 0.5) is 0 Å². The summed E-state index contributed by atoms with van der Waals surface area (Å²) in [6.07, 6.45) is 4.76. The molecular formula is C23H28O2. The third kappa shape index (κ3) is 5.70. The van der Waals surface area contributed by atoms with Gasteiger partial charge in [-0.1, -0.05) is 72.8 Å². The average Bonchev–Trinajstić information content (AvgIpc) is 2.66. The molecule has 132 valence electrons. The van der Waals surface area contributed by atoms with E-state index in [0.29, 0.717) is 0 Å². The van der Waals surface area contributed by atoms with Gasteiger partial charge in [-0.3, -0.25) is 0 Å². The summed E-state index contributed by atoms with van der Waals surface area (Å²) in [6.45, 7) is 5.84. The Balaban J connectivity index is 2.05. The average molecular weight is 336 g/mol. The predicted octanol–water partition coefficient (Wildman–Crippen LogP) is 4.49. The molecule has 0 saturated heterocycles. The fourth-order valence-electron chi connectivity index (χ4n) is 3.16. The summed E-state index contributed by atoms with van der Waals surface area (Å²) in [6, 6.07) is 20.2. The molecule has 2 nitrogen and oxygen atoms in total. The van der Waals surface area contributed by atoms with Gasteiger partial charge in [-0.25, -0.2) is 0 Å². The molecule has 0 fully saturated rings. The SMILES string of the molecule is C=C[C@@H](CCc1ccccc1)[C@H](CO)[C@@H](O)/C=C(\C)c1ccccc1. The summed E-state index contributed by atoms with van der Waals surface area (Å²) >= 11 is 0. The molecule has 2 heteroatoms. The van der Waals surface area contributed by atoms with Crippen molar-refractivity contribution in [3.63, 3.8) is 0 Å². The summed E-state index contributed by atoms with van der Waals surface area (Å²) in [5, 5.41) is 20.5. The van der Waals surface area contributed by atoms with Gasteiger partial charge in [-0.2, -0.15) is 0 Å². The van der Waals surface area contributed by atoms with Gasteiger partial charge in [-0.05, 0) is 42.4 Å². The van der Waals surface area contributed by atoms with Crippen LogP contribution in [0, 0.1) is 11.8 Å². The second kappa shape index (κ2) is 9.97. The second-order valence-electron chi connectivity index (χ2n) is 6.48. The third-order valence-corrected chi connectivity index (χ3v) is 4.76. The number of rotatable bonds is 9. The van der Waals surface area contributed by atoms with Gasteiger partial charge in [0.15, 0.2) is 0 Å². The first-order chi connectivity index (χ1) is 12.2. The van der Waals surface area contributed by atoms with Gasteiger partial charge in [0.1, 0.15) is 0 Å². The van der Waals surface area contributed by atoms with Crippen molar-refractivity contribution in [2.45, 2.75) is 25.9 Å². The molecule has 0 spiro atoms. The van der Waals surface area contributed by atoms with E-state index < -0.39 is 6.10 Å². The minimum absolute atomic E-state index is 0.0556. The smallest absolute Gasteiger partial charge is 0.0782 e. The van der Waals surface area contributed by atoms with E-state index in [-0.39, 0.29) is 18.4 Å². The summed E-state index contributed by atoms with van der Waals surface area (Å²) in [5.74, 6) is -0.195. The highest BCUT2D eigenvalue weighted by Gasteiger charge is 2.24. The molecule has 0 radical (unpaired) electrons. The van der Waals surface area contributed by atoms with E-state index in [1.54, 1.807) is 0 Å². The second-order valence-corrected chi connectivity index (χ2v) is 6.48. The molecule has 0 saturated carbocycles. The van der Waals surface area contributed by atoms with Crippen LogP contribution in [0.25, 0.3) is 5.57 Å². The first kappa shape index (κ1) is 19.2. The molecule has 0 unspecified atom stereocenters. The minimum atomic E-state index is -0.705. The van der Waals surface area contributed by atoms with Crippen molar-refractivity contribution in [2.75, 3.05) is 6.61 Å². The van der Waals surface area contributed by atoms with E-state index in [9.17, 15) is 10.2 Å². The normalized spacial score (nSPS) is 15.4. The molecule has 2 rings (SSSR count). The van der Waals surface area contributed by atoms with Crippen molar-refractivity contribution in [3.05, 3.63) is 90.5 Å². The van der Waals surface area contributed by atoms with Gasteiger partial charge in [0, 0.05) is 12.5 Å². The monoisotopic (exact) mass is 336 g/mol. The van der Waals surface area contributed by atoms with E-state index in [0.717, 1.165) is 24.0 Å². The molecule has 0 aromatic heterocycles. The van der Waals surface area contributed by atoms with Crippen molar-refractivity contribution in [1.29, 1.82) is 0 Å². The topological polar surface area (TPSA) is 40.5 Å². The summed E-state index contributed by atoms with van der Waals surface area (Å²) in [5.41, 5.74) is 3.35. The summed E-state index contributed by atoms with van der Waals surface area (Å²) in [7, 11) is 0. The number of aliphatic hydroxyl groups excluding tert-OH is 2. The zero-order chi connectivity index (χ0) is 18.1. The molecule has 0 aliphatic rings. The highest BCUT2D eigenvalue weighted by atomic mass is 16.3. The maximum atomic E-state index is 10.7. The Labute approximate surface area is 151 Å². The highest BCUT2D eigenvalue weighted by molar-refractivity contribution is 5.63. The van der Waals surface area contributed by atoms with Crippen LogP contribution in [0.2, 0.25) is 0 Å². The van der Waals surface area contributed by atoms with Gasteiger partial charge < -0.3 is 10.2 Å². The van der Waals surface area contributed by atoms with Crippen LogP contribution in [0.1, 0.15) is 24.5 Å². The lowest BCUT2D eigenvalue weighted by molar-refractivity contribution is 0.0729. The number of aliphatic hydroxyl groups is 2. The number of aryl methyl sites for hydroxylation is 1. The van der Waals surface area contributed by atoms with Crippen molar-refractivity contribution in [2.24, 2.45) is 11.8 Å². The van der Waals surface area contributed by atoms with Gasteiger partial charge in [-0.15, -0.1) is 6.58 Å². The maximum Gasteiger partial charge on any atom is 0.0782 e. The lowest BCUT2D eigenvalue weighted by atomic mass is 9.83. The van der Waals surface area contributed by atoms with Gasteiger partial charge in [0.25, 0.3) is 0 Å². The number of benzene rings is 2. The van der Waals surface area contributed by atoms with Crippen molar-refractivity contribution in [3.8, 4) is 0 Å². The van der Waals surface area contributed by atoms with Gasteiger partial charge >= 0.3 is 0 Å². The predicted molar refractivity (Wildman–Crippen MR) is 105 cm³/mol. The molecule has 25 heavy (non-hydrogen) atoms. The Bertz CT molecular complexity index is 661. The number of allylic oxidation sites excluding steroid dienone is 2. The molecule has 2 aromatic carbocycles. The Hall–Kier alpha value is -2.16. The van der Waals surface area contributed by atoms with Crippen molar-refractivity contribution < 1.29 is 10.2 Å². The molecule has 0 aliphatic carbocycles. The third-order valence-electron chi connectivity index (χ3n) is 4.76. The summed E-state index contributed by atoms with van der Waals surface area (Å²) < 4.78 is 0. The molecule has 0 amide bonds. The molecule has 2 aromatic rings. The quantitative estimate of drug-likeness (QED) is 0.662. The first-order valence-electron chi connectivity index (χ1n) is 8.85. The lowest BCUT2D eigenvalue weighted by Crippen LogP contribution is -2.29. The van der Waals surface area contributed by atoms with Crippen molar-refractivity contribution in [1.82, 2.24) is 0 Å². The van der Waals surface area contributed by atoms with Crippen LogP contribution >= 0.6 is 0 Å². The Morgan fingerprint density at radius 3 is 2.20 bits per heavy atom. The fourth-order valence-corrected chi connectivity index (χ4v) is 3.16. The Morgan fingerprint density at radius 1 is 1.04 bits per heavy atom. The molecule has 0 heterocycles. The van der Waals surface area contributed by atoms with Gasteiger partial charge in [0.05, 0.1) is 6.10 Å². The highest BCUT2D eigenvalue weighted by Crippen LogP contribution is 2.25. The number of hydrogen-bond donors (Lipinski definition) is 2. The van der Waals surface area contributed by atoms with Crippen molar-refractivity contribution >= 4 is 5.57 Å². The fraction of sp³-hybridized carbons (Fsp3) is 0.304. The first-order valence-corrected chi connectivity index (χ1v) is 8.85. The van der Waals surface area contributed by atoms with E-state index in [4.69, 9.17) is 0 Å². The molecule has 0 aliphatic heterocycles. The molecule has 0 bridgehead atoms. The molecule has 3 atom stereocenters. The van der Waals surface area contributed by atoms with E-state index in [2.05, 4.69) is 18.7 Å². The standard InChI is InChI=1S/C23H28O2/c1-3-20(15-14-19-10-6-4-7-11-19)22(17-24)23(25)16-18(2)21-12-8-5-9-13-21/h3-13,16,20,22-25H,1,14-15,17H2,2H3/b18-16+/t20-,22-,23-/m0/s1. The van der Waals surface area contributed by atoms with E-state index >= 15 is 0 Å². The Morgan fingerprint density at radius 2 is 1.64 bits per heavy atom. The zero-order valence-corrected chi connectivity index (χ0v) is 14.9. The lowest BCUT2D eigenvalue weighted by Gasteiger charge is -2.26. The van der Waals surface area contributed by atoms with Crippen LogP contribution in [0.3, 0.4) is 0 Å². The Kier molecular flexibility index (Phi) is 7.65. The van der Waals surface area contributed by atoms with Gasteiger partial charge in [0.2, 0.25) is 0 Å². The zero-order valence-electron chi connectivity index (χ0n) is 14.9. The largest absolute Gasteiger partial charge is 0.396 e. The van der Waals surface area contributed by atoms with Crippen LogP contribution in [0.5, 0.6) is 0 Å². The molecular weight excluding hydrogens is 308 g/mol. The summed E-state index contributed by atoms with van der Waals surface area (Å²) in [4.78, 5) is 0. The minimum Gasteiger partial charge on any atom is -0.396 e. The van der Waals surface area contributed by atoms with Crippen LogP contribution in [-0.2, 0) is 6.42 Å². The van der Waals surface area contributed by atoms with Crippen LogP contribution < -0.4 is 0 Å². The number of hydrogen-bond acceptors (Lipinski definition) is 2. The van der Waals surface area contributed by atoms with Crippen LogP contribution in [-0.4, -0.2) is 22.9 Å². The van der Waals surface area contributed by atoms with E-state index in [1.165, 1.54) is 5.56 Å². The maximum absolute atomic E-state index is 10.7. The molecule has 2 N–H and O–H groups in total. The van der Waals surface area contributed by atoms with Crippen LogP contribution in [0.15, 0.2) is 79.4 Å².